The number of nitrogens with two attached hydrogens (primary N) is 1. The maximum Gasteiger partial charge on any atom is 0.267 e. The Morgan fingerprint density at radius 2 is 1.86 bits per heavy atom. The van der Waals surface area contributed by atoms with Crippen LogP contribution in [0.4, 0.5) is 20.2 Å². The predicted octanol–water partition coefficient (Wildman–Crippen LogP) is 2.30. The van der Waals surface area contributed by atoms with E-state index in [1.165, 1.54) is 6.07 Å². The molecule has 0 bridgehead atoms. The zero-order valence-corrected chi connectivity index (χ0v) is 11.7. The smallest absolute Gasteiger partial charge is 0.267 e. The maximum absolute atomic E-state index is 13.8. The molecule has 0 saturated heterocycles. The molecule has 2 aromatic rings. The van der Waals surface area contributed by atoms with Crippen LogP contribution < -0.4 is 10.0 Å². The van der Waals surface area contributed by atoms with Gasteiger partial charge in [0.1, 0.15) is 16.5 Å². The molecule has 0 amide bonds. The van der Waals surface area contributed by atoms with Gasteiger partial charge in [0.05, 0.1) is 5.69 Å². The molecule has 4 nitrogen and oxygen atoms in total. The van der Waals surface area contributed by atoms with Gasteiger partial charge in [0.25, 0.3) is 10.0 Å². The molecule has 2 N–H and O–H groups in total. The quantitative estimate of drug-likeness (QED) is 0.866. The molecule has 1 aliphatic heterocycles. The summed E-state index contributed by atoms with van der Waals surface area (Å²) in [6.45, 7) is 0.178. The first-order chi connectivity index (χ1) is 9.89. The highest BCUT2D eigenvalue weighted by Crippen LogP contribution is 2.35. The van der Waals surface area contributed by atoms with Crippen molar-refractivity contribution >= 4 is 21.4 Å². The highest BCUT2D eigenvalue weighted by molar-refractivity contribution is 7.92. The van der Waals surface area contributed by atoms with E-state index in [0.717, 1.165) is 22.0 Å². The first-order valence-corrected chi connectivity index (χ1v) is 7.70. The number of sulfonamides is 1. The van der Waals surface area contributed by atoms with Gasteiger partial charge in [-0.05, 0) is 42.3 Å². The van der Waals surface area contributed by atoms with Crippen LogP contribution in [0.1, 0.15) is 5.56 Å². The lowest BCUT2D eigenvalue weighted by atomic mass is 10.1. The van der Waals surface area contributed by atoms with Gasteiger partial charge in [-0.25, -0.2) is 17.2 Å². The van der Waals surface area contributed by atoms with Crippen LogP contribution in [-0.2, 0) is 16.4 Å². The summed E-state index contributed by atoms with van der Waals surface area (Å²) in [4.78, 5) is -0.669. The second kappa shape index (κ2) is 4.70. The number of anilines is 2. The molecule has 0 saturated carbocycles. The van der Waals surface area contributed by atoms with Gasteiger partial charge in [-0.1, -0.05) is 6.07 Å². The van der Waals surface area contributed by atoms with Gasteiger partial charge < -0.3 is 5.73 Å². The minimum absolute atomic E-state index is 0.178. The molecule has 0 unspecified atom stereocenters. The van der Waals surface area contributed by atoms with Gasteiger partial charge in [0.2, 0.25) is 0 Å². The minimum atomic E-state index is -4.16. The molecule has 3 rings (SSSR count). The largest absolute Gasteiger partial charge is 0.399 e. The van der Waals surface area contributed by atoms with Crippen molar-refractivity contribution < 1.29 is 17.2 Å². The van der Waals surface area contributed by atoms with Crippen molar-refractivity contribution in [2.75, 3.05) is 16.6 Å². The Morgan fingerprint density at radius 3 is 2.62 bits per heavy atom. The number of halogens is 2. The van der Waals surface area contributed by atoms with Crippen molar-refractivity contribution in [1.82, 2.24) is 0 Å². The Bertz CT molecular complexity index is 822. The average Bonchev–Trinajstić information content (AvgIpc) is 2.85. The van der Waals surface area contributed by atoms with Gasteiger partial charge in [0, 0.05) is 12.2 Å². The second-order valence-corrected chi connectivity index (χ2v) is 6.62. The SMILES string of the molecule is Nc1ccc2c(c1)N(S(=O)(=O)c1cc(F)ccc1F)CC2. The van der Waals surface area contributed by atoms with Crippen molar-refractivity contribution in [3.8, 4) is 0 Å². The molecule has 0 aromatic heterocycles. The number of nitrogens with zero attached hydrogens (tertiary/aromatic N) is 1. The lowest BCUT2D eigenvalue weighted by molar-refractivity contribution is 0.551. The van der Waals surface area contributed by atoms with Crippen LogP contribution in [0.15, 0.2) is 41.3 Å². The zero-order chi connectivity index (χ0) is 15.2. The Labute approximate surface area is 120 Å². The van der Waals surface area contributed by atoms with Gasteiger partial charge in [-0.15, -0.1) is 0 Å². The molecular formula is C14H12F2N2O2S. The summed E-state index contributed by atoms with van der Waals surface area (Å²) >= 11 is 0. The van der Waals surface area contributed by atoms with E-state index in [0.29, 0.717) is 23.9 Å². The third-order valence-electron chi connectivity index (χ3n) is 3.42. The number of fused-ring (bicyclic) bond motifs is 1. The lowest BCUT2D eigenvalue weighted by Crippen LogP contribution is -2.30. The molecule has 0 aliphatic carbocycles. The summed E-state index contributed by atoms with van der Waals surface area (Å²) in [7, 11) is -4.16. The Kier molecular flexibility index (Phi) is 3.09. The van der Waals surface area contributed by atoms with E-state index in [-0.39, 0.29) is 6.54 Å². The van der Waals surface area contributed by atoms with Gasteiger partial charge in [-0.2, -0.15) is 0 Å². The second-order valence-electron chi connectivity index (χ2n) is 4.79. The molecule has 0 radical (unpaired) electrons. The number of nitrogen functional groups attached to an aromatic ring is 1. The van der Waals surface area contributed by atoms with Crippen LogP contribution in [0.5, 0.6) is 0 Å². The van der Waals surface area contributed by atoms with Crippen molar-refractivity contribution in [3.05, 3.63) is 53.6 Å². The number of benzene rings is 2. The van der Waals surface area contributed by atoms with Gasteiger partial charge in [0.15, 0.2) is 0 Å². The van der Waals surface area contributed by atoms with E-state index < -0.39 is 26.6 Å². The van der Waals surface area contributed by atoms with E-state index in [4.69, 9.17) is 5.73 Å². The summed E-state index contributed by atoms with van der Waals surface area (Å²) in [5.41, 5.74) is 7.31. The standard InChI is InChI=1S/C14H12F2N2O2S/c15-10-2-4-12(16)14(7-10)21(19,20)18-6-5-9-1-3-11(17)8-13(9)18/h1-4,7-8H,5-6,17H2. The van der Waals surface area contributed by atoms with Crippen molar-refractivity contribution in [2.24, 2.45) is 0 Å². The Balaban J connectivity index is 2.13. The van der Waals surface area contributed by atoms with Crippen molar-refractivity contribution in [1.29, 1.82) is 0 Å². The predicted molar refractivity (Wildman–Crippen MR) is 75.4 cm³/mol. The third kappa shape index (κ3) is 2.23. The Hall–Kier alpha value is -2.15. The lowest BCUT2D eigenvalue weighted by Gasteiger charge is -2.20. The fourth-order valence-electron chi connectivity index (χ4n) is 2.41. The molecule has 0 atom stereocenters. The van der Waals surface area contributed by atoms with E-state index in [1.54, 1.807) is 12.1 Å². The van der Waals surface area contributed by atoms with E-state index in [1.807, 2.05) is 0 Å². The normalized spacial score (nSPS) is 14.3. The topological polar surface area (TPSA) is 63.4 Å². The molecular weight excluding hydrogens is 298 g/mol. The fourth-order valence-corrected chi connectivity index (χ4v) is 3.98. The highest BCUT2D eigenvalue weighted by Gasteiger charge is 2.33. The molecule has 7 heteroatoms. The van der Waals surface area contributed by atoms with Crippen molar-refractivity contribution in [3.63, 3.8) is 0 Å². The molecule has 21 heavy (non-hydrogen) atoms. The number of hydrogen-bond acceptors (Lipinski definition) is 3. The van der Waals surface area contributed by atoms with Crippen LogP contribution in [0.25, 0.3) is 0 Å². The first kappa shape index (κ1) is 13.8. The minimum Gasteiger partial charge on any atom is -0.399 e. The first-order valence-electron chi connectivity index (χ1n) is 6.26. The summed E-state index contributed by atoms with van der Waals surface area (Å²) in [5.74, 6) is -1.78. The highest BCUT2D eigenvalue weighted by atomic mass is 32.2. The summed E-state index contributed by atoms with van der Waals surface area (Å²) < 4.78 is 53.2. The monoisotopic (exact) mass is 310 g/mol. The van der Waals surface area contributed by atoms with E-state index >= 15 is 0 Å². The molecule has 0 fully saturated rings. The summed E-state index contributed by atoms with van der Waals surface area (Å²) in [5, 5.41) is 0. The molecule has 110 valence electrons. The van der Waals surface area contributed by atoms with Crippen LogP contribution in [0, 0.1) is 11.6 Å². The summed E-state index contributed by atoms with van der Waals surface area (Å²) in [6.07, 6.45) is 0.506. The van der Waals surface area contributed by atoms with Crippen molar-refractivity contribution in [2.45, 2.75) is 11.3 Å². The van der Waals surface area contributed by atoms with E-state index in [9.17, 15) is 17.2 Å². The van der Waals surface area contributed by atoms with Crippen LogP contribution in [0.2, 0.25) is 0 Å². The van der Waals surface area contributed by atoms with Crippen LogP contribution in [-0.4, -0.2) is 15.0 Å². The number of rotatable bonds is 2. The summed E-state index contributed by atoms with van der Waals surface area (Å²) in [6, 6.07) is 7.31. The fraction of sp³-hybridized carbons (Fsp3) is 0.143. The molecule has 2 aromatic carbocycles. The Morgan fingerprint density at radius 1 is 1.10 bits per heavy atom. The zero-order valence-electron chi connectivity index (χ0n) is 10.9. The average molecular weight is 310 g/mol. The van der Waals surface area contributed by atoms with Gasteiger partial charge in [-0.3, -0.25) is 4.31 Å². The molecule has 0 spiro atoms. The maximum atomic E-state index is 13.8. The molecule has 1 heterocycles. The number of hydrogen-bond donors (Lipinski definition) is 1. The van der Waals surface area contributed by atoms with Gasteiger partial charge >= 0.3 is 0 Å². The molecule has 1 aliphatic rings. The van der Waals surface area contributed by atoms with Crippen LogP contribution >= 0.6 is 0 Å². The van der Waals surface area contributed by atoms with Crippen LogP contribution in [0.3, 0.4) is 0 Å². The van der Waals surface area contributed by atoms with E-state index in [2.05, 4.69) is 0 Å². The third-order valence-corrected chi connectivity index (χ3v) is 5.25.